The van der Waals surface area contributed by atoms with Crippen LogP contribution in [0.1, 0.15) is 36.6 Å². The number of rotatable bonds is 4. The van der Waals surface area contributed by atoms with Crippen LogP contribution in [0.3, 0.4) is 0 Å². The summed E-state index contributed by atoms with van der Waals surface area (Å²) < 4.78 is 0. The molecule has 0 bridgehead atoms. The minimum Gasteiger partial charge on any atom is -0.145 e. The van der Waals surface area contributed by atoms with Gasteiger partial charge in [0.05, 0.1) is 5.92 Å². The number of alkyl halides is 1. The second-order valence-corrected chi connectivity index (χ2v) is 8.36. The van der Waals surface area contributed by atoms with E-state index in [1.165, 1.54) is 30.6 Å². The topological polar surface area (TPSA) is 0 Å². The van der Waals surface area contributed by atoms with Gasteiger partial charge in [-0.3, -0.25) is 0 Å². The zero-order valence-corrected chi connectivity index (χ0v) is 15.3. The van der Waals surface area contributed by atoms with E-state index in [4.69, 9.17) is 0 Å². The Morgan fingerprint density at radius 2 is 1.43 bits per heavy atom. The fourth-order valence-corrected chi connectivity index (χ4v) is 5.22. The minimum atomic E-state index is 0.358. The summed E-state index contributed by atoms with van der Waals surface area (Å²) in [6, 6.07) is 17.8. The molecular weight excluding hydrogens is 360 g/mol. The molecule has 3 heteroatoms. The van der Waals surface area contributed by atoms with E-state index in [1.54, 1.807) is 0 Å². The molecular formula is C18H17BrS2. The zero-order chi connectivity index (χ0) is 14.8. The molecule has 0 aliphatic heterocycles. The van der Waals surface area contributed by atoms with E-state index >= 15 is 0 Å². The summed E-state index contributed by atoms with van der Waals surface area (Å²) in [7, 11) is 0. The first-order valence-corrected chi connectivity index (χ1v) is 9.71. The van der Waals surface area contributed by atoms with Crippen LogP contribution in [-0.4, -0.2) is 0 Å². The van der Waals surface area contributed by atoms with E-state index in [2.05, 4.69) is 78.3 Å². The van der Waals surface area contributed by atoms with Gasteiger partial charge < -0.3 is 0 Å². The third kappa shape index (κ3) is 3.15. The minimum absolute atomic E-state index is 0.358. The zero-order valence-electron chi connectivity index (χ0n) is 12.1. The number of aryl methyl sites for hydroxylation is 2. The highest BCUT2D eigenvalue weighted by atomic mass is 79.9. The Kier molecular flexibility index (Phi) is 4.63. The van der Waals surface area contributed by atoms with Crippen LogP contribution < -0.4 is 0 Å². The largest absolute Gasteiger partial charge is 0.145 e. The van der Waals surface area contributed by atoms with E-state index < -0.39 is 0 Å². The van der Waals surface area contributed by atoms with Crippen molar-refractivity contribution in [1.29, 1.82) is 0 Å². The van der Waals surface area contributed by atoms with Gasteiger partial charge >= 0.3 is 0 Å². The summed E-state index contributed by atoms with van der Waals surface area (Å²) in [6.07, 6.45) is 0. The Balaban J connectivity index is 2.16. The van der Waals surface area contributed by atoms with Gasteiger partial charge in [-0.1, -0.05) is 40.2 Å². The summed E-state index contributed by atoms with van der Waals surface area (Å²) in [5, 5.41) is 0.897. The van der Waals surface area contributed by atoms with E-state index in [-0.39, 0.29) is 0 Å². The van der Waals surface area contributed by atoms with Crippen LogP contribution in [-0.2, 0) is 5.33 Å². The van der Waals surface area contributed by atoms with Crippen LogP contribution in [0.4, 0.5) is 0 Å². The molecule has 21 heavy (non-hydrogen) atoms. The molecule has 0 saturated carbocycles. The van der Waals surface area contributed by atoms with Gasteiger partial charge in [0.25, 0.3) is 0 Å². The molecule has 0 amide bonds. The SMILES string of the molecule is Cc1ccc(C(c2ccc(C)s2)c2ccccc2CBr)s1. The monoisotopic (exact) mass is 376 g/mol. The number of hydrogen-bond donors (Lipinski definition) is 0. The van der Waals surface area contributed by atoms with Crippen molar-refractivity contribution in [2.75, 3.05) is 0 Å². The van der Waals surface area contributed by atoms with Gasteiger partial charge in [-0.05, 0) is 49.2 Å². The van der Waals surface area contributed by atoms with Crippen LogP contribution in [0.2, 0.25) is 0 Å². The Bertz CT molecular complexity index is 699. The first-order chi connectivity index (χ1) is 10.2. The third-order valence-electron chi connectivity index (χ3n) is 3.60. The number of hydrogen-bond acceptors (Lipinski definition) is 2. The first kappa shape index (κ1) is 15.0. The van der Waals surface area contributed by atoms with E-state index in [0.29, 0.717) is 5.92 Å². The molecule has 0 aliphatic rings. The lowest BCUT2D eigenvalue weighted by atomic mass is 9.92. The van der Waals surface area contributed by atoms with Gasteiger partial charge in [0.2, 0.25) is 0 Å². The summed E-state index contributed by atoms with van der Waals surface area (Å²) in [5.41, 5.74) is 2.79. The van der Waals surface area contributed by atoms with Crippen molar-refractivity contribution in [3.8, 4) is 0 Å². The average molecular weight is 377 g/mol. The predicted octanol–water partition coefficient (Wildman–Crippen LogP) is 6.50. The van der Waals surface area contributed by atoms with Crippen molar-refractivity contribution >= 4 is 38.6 Å². The second kappa shape index (κ2) is 6.47. The molecule has 0 aliphatic carbocycles. The van der Waals surface area contributed by atoms with Crippen molar-refractivity contribution in [1.82, 2.24) is 0 Å². The number of thiophene rings is 2. The quantitative estimate of drug-likeness (QED) is 0.455. The van der Waals surface area contributed by atoms with Crippen LogP contribution in [0.25, 0.3) is 0 Å². The highest BCUT2D eigenvalue weighted by Crippen LogP contribution is 2.40. The van der Waals surface area contributed by atoms with Crippen LogP contribution in [0, 0.1) is 13.8 Å². The van der Waals surface area contributed by atoms with Crippen molar-refractivity contribution in [2.45, 2.75) is 25.1 Å². The molecule has 0 N–H and O–H groups in total. The molecule has 0 unspecified atom stereocenters. The third-order valence-corrected chi connectivity index (χ3v) is 6.34. The molecule has 2 heterocycles. The van der Waals surface area contributed by atoms with Gasteiger partial charge in [-0.15, -0.1) is 22.7 Å². The highest BCUT2D eigenvalue weighted by molar-refractivity contribution is 9.08. The molecule has 2 aromatic heterocycles. The number of benzene rings is 1. The summed E-state index contributed by atoms with van der Waals surface area (Å²) in [4.78, 5) is 5.62. The smallest absolute Gasteiger partial charge is 0.0530 e. The van der Waals surface area contributed by atoms with E-state index in [1.807, 2.05) is 22.7 Å². The Labute approximate surface area is 142 Å². The molecule has 0 saturated heterocycles. The molecule has 108 valence electrons. The molecule has 1 aromatic carbocycles. The van der Waals surface area contributed by atoms with Crippen molar-refractivity contribution < 1.29 is 0 Å². The van der Waals surface area contributed by atoms with Crippen LogP contribution in [0.15, 0.2) is 48.5 Å². The second-order valence-electron chi connectivity index (χ2n) is 5.16. The van der Waals surface area contributed by atoms with Gasteiger partial charge in [-0.25, -0.2) is 0 Å². The lowest BCUT2D eigenvalue weighted by Gasteiger charge is -2.18. The molecule has 0 nitrogen and oxygen atoms in total. The fourth-order valence-electron chi connectivity index (χ4n) is 2.60. The normalized spacial score (nSPS) is 11.2. The van der Waals surface area contributed by atoms with Crippen molar-refractivity contribution in [3.05, 3.63) is 79.2 Å². The maximum atomic E-state index is 3.64. The summed E-state index contributed by atoms with van der Waals surface area (Å²) in [6.45, 7) is 4.36. The van der Waals surface area contributed by atoms with Crippen LogP contribution >= 0.6 is 38.6 Å². The summed E-state index contributed by atoms with van der Waals surface area (Å²) >= 11 is 7.45. The van der Waals surface area contributed by atoms with Gasteiger partial charge in [0.1, 0.15) is 0 Å². The van der Waals surface area contributed by atoms with E-state index in [9.17, 15) is 0 Å². The first-order valence-electron chi connectivity index (χ1n) is 6.95. The molecule has 3 rings (SSSR count). The predicted molar refractivity (Wildman–Crippen MR) is 98.1 cm³/mol. The molecule has 0 spiro atoms. The molecule has 0 radical (unpaired) electrons. The highest BCUT2D eigenvalue weighted by Gasteiger charge is 2.22. The van der Waals surface area contributed by atoms with E-state index in [0.717, 1.165) is 5.33 Å². The summed E-state index contributed by atoms with van der Waals surface area (Å²) in [5.74, 6) is 0.358. The van der Waals surface area contributed by atoms with Gasteiger partial charge in [-0.2, -0.15) is 0 Å². The fraction of sp³-hybridized carbons (Fsp3) is 0.222. The van der Waals surface area contributed by atoms with Gasteiger partial charge in [0.15, 0.2) is 0 Å². The maximum Gasteiger partial charge on any atom is 0.0530 e. The number of halogens is 1. The van der Waals surface area contributed by atoms with Crippen molar-refractivity contribution in [3.63, 3.8) is 0 Å². The Morgan fingerprint density at radius 1 is 0.857 bits per heavy atom. The van der Waals surface area contributed by atoms with Crippen LogP contribution in [0.5, 0.6) is 0 Å². The standard InChI is InChI=1S/C18H17BrS2/c1-12-7-9-16(20-12)18(17-10-8-13(2)21-17)15-6-4-3-5-14(15)11-19/h3-10,18H,11H2,1-2H3. The lowest BCUT2D eigenvalue weighted by Crippen LogP contribution is -2.02. The van der Waals surface area contributed by atoms with Gasteiger partial charge in [0, 0.05) is 24.8 Å². The average Bonchev–Trinajstić information content (AvgIpc) is 3.09. The molecule has 0 atom stereocenters. The molecule has 3 aromatic rings. The Hall–Kier alpha value is -0.900. The maximum absolute atomic E-state index is 3.64. The van der Waals surface area contributed by atoms with Crippen molar-refractivity contribution in [2.24, 2.45) is 0 Å². The molecule has 0 fully saturated rings. The lowest BCUT2D eigenvalue weighted by molar-refractivity contribution is 1.01. The Morgan fingerprint density at radius 3 is 1.90 bits per heavy atom.